The largest absolute Gasteiger partial charge is 0.393 e. The van der Waals surface area contributed by atoms with Crippen LogP contribution in [0.4, 0.5) is 5.69 Å². The molecule has 2 fully saturated rings. The van der Waals surface area contributed by atoms with E-state index in [1.165, 1.54) is 4.90 Å². The molecule has 0 spiro atoms. The minimum Gasteiger partial charge on any atom is -0.393 e. The molecule has 0 saturated carbocycles. The van der Waals surface area contributed by atoms with Gasteiger partial charge in [-0.3, -0.25) is 9.59 Å². The van der Waals surface area contributed by atoms with Gasteiger partial charge < -0.3 is 9.84 Å². The number of hydrogen-bond acceptors (Lipinski definition) is 4. The van der Waals surface area contributed by atoms with Gasteiger partial charge in [-0.25, -0.2) is 4.90 Å². The Bertz CT molecular complexity index is 715. The average Bonchev–Trinajstić information content (AvgIpc) is 3.07. The van der Waals surface area contributed by atoms with Gasteiger partial charge in [0.1, 0.15) is 5.60 Å². The maximum absolute atomic E-state index is 12.8. The van der Waals surface area contributed by atoms with Gasteiger partial charge in [0.25, 0.3) is 0 Å². The van der Waals surface area contributed by atoms with Gasteiger partial charge in [-0.2, -0.15) is 0 Å². The molecule has 1 N–H and O–H groups in total. The molecule has 4 atom stereocenters. The van der Waals surface area contributed by atoms with Crippen molar-refractivity contribution in [1.29, 1.82) is 0 Å². The first-order valence-electron chi connectivity index (χ1n) is 7.07. The summed E-state index contributed by atoms with van der Waals surface area (Å²) in [6, 6.07) is 7.03. The number of carbonyl (C=O) groups excluding carboxylic acids is 2. The number of anilines is 1. The first kappa shape index (κ1) is 14.1. The Hall–Kier alpha value is -1.50. The van der Waals surface area contributed by atoms with E-state index in [0.717, 1.165) is 4.47 Å². The van der Waals surface area contributed by atoms with Crippen molar-refractivity contribution in [2.75, 3.05) is 11.5 Å². The van der Waals surface area contributed by atoms with Gasteiger partial charge in [-0.05, 0) is 31.2 Å². The fourth-order valence-corrected chi connectivity index (χ4v) is 4.15. The number of aliphatic hydroxyl groups is 1. The Morgan fingerprint density at radius 2 is 1.82 bits per heavy atom. The molecule has 114 valence electrons. The van der Waals surface area contributed by atoms with Gasteiger partial charge in [-0.1, -0.05) is 28.1 Å². The summed E-state index contributed by atoms with van der Waals surface area (Å²) < 4.78 is 6.75. The SMILES string of the molecule is C[C@@]12C=C[C@](CO)(O1)[C@H]1C(=O)N(c3ccc(Br)cc3)C(=O)[C@H]12. The number of imide groups is 1. The Balaban J connectivity index is 1.80. The van der Waals surface area contributed by atoms with Crippen molar-refractivity contribution in [3.63, 3.8) is 0 Å². The van der Waals surface area contributed by atoms with Crippen LogP contribution in [0.2, 0.25) is 0 Å². The number of amides is 2. The Labute approximate surface area is 135 Å². The first-order valence-corrected chi connectivity index (χ1v) is 7.86. The van der Waals surface area contributed by atoms with E-state index >= 15 is 0 Å². The number of carbonyl (C=O) groups is 2. The molecule has 1 aromatic rings. The molecule has 1 aromatic carbocycles. The highest BCUT2D eigenvalue weighted by Crippen LogP contribution is 2.57. The lowest BCUT2D eigenvalue weighted by Gasteiger charge is -2.26. The number of benzene rings is 1. The second-order valence-corrected chi connectivity index (χ2v) is 7.09. The topological polar surface area (TPSA) is 66.8 Å². The maximum atomic E-state index is 12.8. The molecule has 0 aliphatic carbocycles. The van der Waals surface area contributed by atoms with Crippen molar-refractivity contribution in [1.82, 2.24) is 0 Å². The molecule has 6 heteroatoms. The molecule has 4 rings (SSSR count). The lowest BCUT2D eigenvalue weighted by molar-refractivity contribution is -0.131. The van der Waals surface area contributed by atoms with Crippen molar-refractivity contribution >= 4 is 33.4 Å². The van der Waals surface area contributed by atoms with Gasteiger partial charge in [0.05, 0.1) is 29.7 Å². The number of fused-ring (bicyclic) bond motifs is 5. The highest BCUT2D eigenvalue weighted by atomic mass is 79.9. The van der Waals surface area contributed by atoms with E-state index in [2.05, 4.69) is 15.9 Å². The standard InChI is InChI=1S/C16H14BrNO4/c1-15-6-7-16(8-19,22-15)12-11(15)13(20)18(14(12)21)10-4-2-9(17)3-5-10/h2-7,11-12,19H,8H2,1H3/t11-,12+,15-,16+/m0/s1. The number of hydrogen-bond donors (Lipinski definition) is 1. The zero-order valence-electron chi connectivity index (χ0n) is 11.8. The van der Waals surface area contributed by atoms with Crippen molar-refractivity contribution < 1.29 is 19.4 Å². The van der Waals surface area contributed by atoms with E-state index in [4.69, 9.17) is 4.74 Å². The fourth-order valence-electron chi connectivity index (χ4n) is 3.89. The molecule has 0 radical (unpaired) electrons. The predicted octanol–water partition coefficient (Wildman–Crippen LogP) is 1.64. The van der Waals surface area contributed by atoms with Crippen LogP contribution in [0.15, 0.2) is 40.9 Å². The van der Waals surface area contributed by atoms with Crippen LogP contribution in [-0.4, -0.2) is 34.7 Å². The molecule has 3 aliphatic heterocycles. The fraction of sp³-hybridized carbons (Fsp3) is 0.375. The molecular formula is C16H14BrNO4. The van der Waals surface area contributed by atoms with E-state index in [0.29, 0.717) is 5.69 Å². The normalized spacial score (nSPS) is 39.0. The summed E-state index contributed by atoms with van der Waals surface area (Å²) in [5, 5.41) is 9.74. The van der Waals surface area contributed by atoms with Crippen LogP contribution in [0.1, 0.15) is 6.92 Å². The molecule has 0 aromatic heterocycles. The molecule has 0 unspecified atom stereocenters. The summed E-state index contributed by atoms with van der Waals surface area (Å²) in [7, 11) is 0. The second kappa shape index (κ2) is 4.28. The van der Waals surface area contributed by atoms with Gasteiger partial charge in [-0.15, -0.1) is 0 Å². The number of halogens is 1. The summed E-state index contributed by atoms with van der Waals surface area (Å²) in [6.07, 6.45) is 3.52. The highest BCUT2D eigenvalue weighted by molar-refractivity contribution is 9.10. The molecule has 22 heavy (non-hydrogen) atoms. The number of rotatable bonds is 2. The third kappa shape index (κ3) is 1.55. The van der Waals surface area contributed by atoms with Crippen LogP contribution in [0.25, 0.3) is 0 Å². The Kier molecular flexibility index (Phi) is 2.74. The van der Waals surface area contributed by atoms with E-state index in [1.807, 2.05) is 0 Å². The number of ether oxygens (including phenoxy) is 1. The number of nitrogens with zero attached hydrogens (tertiary/aromatic N) is 1. The molecule has 2 bridgehead atoms. The van der Waals surface area contributed by atoms with E-state index in [1.54, 1.807) is 43.3 Å². The molecule has 2 amide bonds. The minimum atomic E-state index is -1.07. The third-order valence-corrected chi connectivity index (χ3v) is 5.42. The lowest BCUT2D eigenvalue weighted by atomic mass is 9.73. The van der Waals surface area contributed by atoms with Crippen LogP contribution in [-0.2, 0) is 14.3 Å². The molecular weight excluding hydrogens is 350 g/mol. The monoisotopic (exact) mass is 363 g/mol. The van der Waals surface area contributed by atoms with E-state index in [9.17, 15) is 14.7 Å². The van der Waals surface area contributed by atoms with Crippen molar-refractivity contribution in [2.45, 2.75) is 18.1 Å². The maximum Gasteiger partial charge on any atom is 0.241 e. The van der Waals surface area contributed by atoms with Gasteiger partial charge >= 0.3 is 0 Å². The highest BCUT2D eigenvalue weighted by Gasteiger charge is 2.72. The summed E-state index contributed by atoms with van der Waals surface area (Å²) in [5.74, 6) is -1.82. The van der Waals surface area contributed by atoms with Gasteiger partial charge in [0.2, 0.25) is 11.8 Å². The van der Waals surface area contributed by atoms with Crippen LogP contribution >= 0.6 is 15.9 Å². The third-order valence-electron chi connectivity index (χ3n) is 4.89. The smallest absolute Gasteiger partial charge is 0.241 e. The van der Waals surface area contributed by atoms with Gasteiger partial charge in [0.15, 0.2) is 0 Å². The zero-order valence-corrected chi connectivity index (χ0v) is 13.4. The van der Waals surface area contributed by atoms with Crippen LogP contribution in [0.5, 0.6) is 0 Å². The number of aliphatic hydroxyl groups excluding tert-OH is 1. The zero-order chi connectivity index (χ0) is 15.7. The minimum absolute atomic E-state index is 0.264. The van der Waals surface area contributed by atoms with Crippen LogP contribution < -0.4 is 4.90 Å². The first-order chi connectivity index (χ1) is 10.4. The van der Waals surface area contributed by atoms with Crippen molar-refractivity contribution in [3.8, 4) is 0 Å². The molecule has 2 saturated heterocycles. The van der Waals surface area contributed by atoms with Crippen LogP contribution in [0.3, 0.4) is 0 Å². The molecule has 3 aliphatic rings. The lowest BCUT2D eigenvalue weighted by Crippen LogP contribution is -2.43. The van der Waals surface area contributed by atoms with Crippen LogP contribution in [0, 0.1) is 11.8 Å². The summed E-state index contributed by atoms with van der Waals surface area (Å²) in [4.78, 5) is 26.9. The summed E-state index contributed by atoms with van der Waals surface area (Å²) >= 11 is 3.34. The van der Waals surface area contributed by atoms with E-state index in [-0.39, 0.29) is 18.4 Å². The second-order valence-electron chi connectivity index (χ2n) is 6.18. The Morgan fingerprint density at radius 1 is 1.18 bits per heavy atom. The Morgan fingerprint density at radius 3 is 2.45 bits per heavy atom. The van der Waals surface area contributed by atoms with Crippen molar-refractivity contribution in [2.24, 2.45) is 11.8 Å². The molecule has 3 heterocycles. The summed E-state index contributed by atoms with van der Waals surface area (Å²) in [5.41, 5.74) is -1.36. The average molecular weight is 364 g/mol. The quantitative estimate of drug-likeness (QED) is 0.640. The van der Waals surface area contributed by atoms with Crippen molar-refractivity contribution in [3.05, 3.63) is 40.9 Å². The predicted molar refractivity (Wildman–Crippen MR) is 82.1 cm³/mol. The van der Waals surface area contributed by atoms with Gasteiger partial charge in [0, 0.05) is 4.47 Å². The van der Waals surface area contributed by atoms with E-state index < -0.39 is 23.0 Å². The molecule has 5 nitrogen and oxygen atoms in total. The summed E-state index contributed by atoms with van der Waals surface area (Å²) in [6.45, 7) is 1.48.